The molecule has 0 aliphatic carbocycles. The third-order valence-electron chi connectivity index (χ3n) is 2.57. The molecule has 0 atom stereocenters. The Kier molecular flexibility index (Phi) is 3.95. The summed E-state index contributed by atoms with van der Waals surface area (Å²) in [7, 11) is 0. The minimum atomic E-state index is -1.15. The number of hydrogen-bond donors (Lipinski definition) is 1. The number of nitrogens with one attached hydrogen (secondary N) is 1. The van der Waals surface area contributed by atoms with Crippen LogP contribution in [0.4, 0.5) is 14.5 Å². The number of aryl methyl sites for hydroxylation is 1. The zero-order valence-electron chi connectivity index (χ0n) is 10.0. The van der Waals surface area contributed by atoms with Crippen LogP contribution >= 0.6 is 15.9 Å². The van der Waals surface area contributed by atoms with Crippen molar-refractivity contribution in [3.8, 4) is 0 Å². The Morgan fingerprint density at radius 1 is 1.21 bits per heavy atom. The molecule has 0 aliphatic rings. The number of rotatable bonds is 2. The van der Waals surface area contributed by atoms with E-state index in [1.165, 1.54) is 12.1 Å². The van der Waals surface area contributed by atoms with Crippen LogP contribution in [0.3, 0.4) is 0 Å². The maximum absolute atomic E-state index is 13.5. The van der Waals surface area contributed by atoms with E-state index in [0.717, 1.165) is 11.6 Å². The topological polar surface area (TPSA) is 29.1 Å². The van der Waals surface area contributed by atoms with Crippen LogP contribution in [0.1, 0.15) is 15.9 Å². The lowest BCUT2D eigenvalue weighted by molar-refractivity contribution is 0.102. The minimum Gasteiger partial charge on any atom is -0.321 e. The molecule has 0 aliphatic heterocycles. The van der Waals surface area contributed by atoms with E-state index in [-0.39, 0.29) is 5.56 Å². The van der Waals surface area contributed by atoms with E-state index in [2.05, 4.69) is 21.2 Å². The van der Waals surface area contributed by atoms with Crippen molar-refractivity contribution in [1.29, 1.82) is 0 Å². The molecule has 1 amide bonds. The van der Waals surface area contributed by atoms with Gasteiger partial charge in [-0.1, -0.05) is 12.1 Å². The highest BCUT2D eigenvalue weighted by atomic mass is 79.9. The summed E-state index contributed by atoms with van der Waals surface area (Å²) >= 11 is 3.28. The Morgan fingerprint density at radius 3 is 2.68 bits per heavy atom. The van der Waals surface area contributed by atoms with Crippen molar-refractivity contribution >= 4 is 27.5 Å². The quantitative estimate of drug-likeness (QED) is 0.876. The van der Waals surface area contributed by atoms with Crippen LogP contribution in [0.2, 0.25) is 0 Å². The lowest BCUT2D eigenvalue weighted by Gasteiger charge is -2.09. The van der Waals surface area contributed by atoms with Gasteiger partial charge in [0.15, 0.2) is 11.6 Å². The van der Waals surface area contributed by atoms with E-state index in [4.69, 9.17) is 0 Å². The average molecular weight is 326 g/mol. The lowest BCUT2D eigenvalue weighted by atomic mass is 10.1. The molecule has 0 saturated heterocycles. The van der Waals surface area contributed by atoms with Crippen molar-refractivity contribution in [1.82, 2.24) is 0 Å². The lowest BCUT2D eigenvalue weighted by Crippen LogP contribution is -2.15. The average Bonchev–Trinajstić information content (AvgIpc) is 2.37. The predicted octanol–water partition coefficient (Wildman–Crippen LogP) is 4.29. The standard InChI is InChI=1S/C14H10BrF2NO/c1-8-5-6-10(15)12(7-8)18-14(19)9-3-2-4-11(16)13(9)17/h2-7H,1H3,(H,18,19). The van der Waals surface area contributed by atoms with Gasteiger partial charge in [0.25, 0.3) is 5.91 Å². The summed E-state index contributed by atoms with van der Waals surface area (Å²) in [5, 5.41) is 2.54. The molecule has 98 valence electrons. The maximum Gasteiger partial charge on any atom is 0.258 e. The monoisotopic (exact) mass is 325 g/mol. The Labute approximate surface area is 117 Å². The molecule has 0 saturated carbocycles. The molecule has 5 heteroatoms. The number of amides is 1. The molecule has 19 heavy (non-hydrogen) atoms. The molecule has 1 N–H and O–H groups in total. The van der Waals surface area contributed by atoms with Crippen LogP contribution in [-0.2, 0) is 0 Å². The van der Waals surface area contributed by atoms with E-state index >= 15 is 0 Å². The van der Waals surface area contributed by atoms with Crippen LogP contribution in [0, 0.1) is 18.6 Å². The maximum atomic E-state index is 13.5. The first-order chi connectivity index (χ1) is 8.99. The molecule has 0 unspecified atom stereocenters. The molecular weight excluding hydrogens is 316 g/mol. The first kappa shape index (κ1) is 13.7. The number of anilines is 1. The van der Waals surface area contributed by atoms with Crippen molar-refractivity contribution in [2.45, 2.75) is 6.92 Å². The number of hydrogen-bond acceptors (Lipinski definition) is 1. The number of carbonyl (C=O) groups is 1. The number of carbonyl (C=O) groups excluding carboxylic acids is 1. The smallest absolute Gasteiger partial charge is 0.258 e. The second-order valence-electron chi connectivity index (χ2n) is 4.04. The highest BCUT2D eigenvalue weighted by Crippen LogP contribution is 2.24. The fourth-order valence-electron chi connectivity index (χ4n) is 1.60. The van der Waals surface area contributed by atoms with Gasteiger partial charge in [-0.3, -0.25) is 4.79 Å². The van der Waals surface area contributed by atoms with Crippen LogP contribution in [0.25, 0.3) is 0 Å². The largest absolute Gasteiger partial charge is 0.321 e. The molecule has 0 aromatic heterocycles. The number of halogens is 3. The molecule has 2 rings (SSSR count). The van der Waals surface area contributed by atoms with Gasteiger partial charge in [0, 0.05) is 4.47 Å². The van der Waals surface area contributed by atoms with Gasteiger partial charge in [-0.15, -0.1) is 0 Å². The van der Waals surface area contributed by atoms with Crippen molar-refractivity contribution in [2.75, 3.05) is 5.32 Å². The Bertz CT molecular complexity index is 643. The van der Waals surface area contributed by atoms with Gasteiger partial charge in [-0.05, 0) is 52.7 Å². The molecule has 2 nitrogen and oxygen atoms in total. The molecule has 0 spiro atoms. The van der Waals surface area contributed by atoms with Gasteiger partial charge in [0.05, 0.1) is 11.3 Å². The van der Waals surface area contributed by atoms with E-state index in [0.29, 0.717) is 10.2 Å². The molecule has 0 bridgehead atoms. The highest BCUT2D eigenvalue weighted by Gasteiger charge is 2.15. The van der Waals surface area contributed by atoms with E-state index in [1.54, 1.807) is 12.1 Å². The van der Waals surface area contributed by atoms with Gasteiger partial charge in [0.1, 0.15) is 0 Å². The normalized spacial score (nSPS) is 10.3. The summed E-state index contributed by atoms with van der Waals surface area (Å²) < 4.78 is 27.2. The zero-order chi connectivity index (χ0) is 14.0. The van der Waals surface area contributed by atoms with E-state index < -0.39 is 17.5 Å². The summed E-state index contributed by atoms with van der Waals surface area (Å²) in [6.45, 7) is 1.87. The highest BCUT2D eigenvalue weighted by molar-refractivity contribution is 9.10. The van der Waals surface area contributed by atoms with Crippen molar-refractivity contribution < 1.29 is 13.6 Å². The summed E-state index contributed by atoms with van der Waals surface area (Å²) in [5.74, 6) is -2.89. The van der Waals surface area contributed by atoms with Crippen LogP contribution < -0.4 is 5.32 Å². The van der Waals surface area contributed by atoms with Gasteiger partial charge in [0.2, 0.25) is 0 Å². The molecule has 0 heterocycles. The zero-order valence-corrected chi connectivity index (χ0v) is 11.6. The first-order valence-electron chi connectivity index (χ1n) is 5.50. The predicted molar refractivity (Wildman–Crippen MR) is 73.2 cm³/mol. The molecule has 2 aromatic rings. The van der Waals surface area contributed by atoms with Gasteiger partial charge < -0.3 is 5.32 Å². The Morgan fingerprint density at radius 2 is 1.95 bits per heavy atom. The van der Waals surface area contributed by atoms with Crippen LogP contribution in [0.5, 0.6) is 0 Å². The van der Waals surface area contributed by atoms with Crippen LogP contribution in [-0.4, -0.2) is 5.91 Å². The third-order valence-corrected chi connectivity index (χ3v) is 3.26. The fraction of sp³-hybridized carbons (Fsp3) is 0.0714. The SMILES string of the molecule is Cc1ccc(Br)c(NC(=O)c2cccc(F)c2F)c1. The minimum absolute atomic E-state index is 0.326. The Hall–Kier alpha value is -1.75. The summed E-state index contributed by atoms with van der Waals surface area (Å²) in [5.41, 5.74) is 1.13. The second-order valence-corrected chi connectivity index (χ2v) is 4.89. The van der Waals surface area contributed by atoms with Gasteiger partial charge in [-0.2, -0.15) is 0 Å². The first-order valence-corrected chi connectivity index (χ1v) is 6.30. The van der Waals surface area contributed by atoms with Crippen molar-refractivity contribution in [2.24, 2.45) is 0 Å². The molecule has 2 aromatic carbocycles. The molecule has 0 fully saturated rings. The second kappa shape index (κ2) is 5.48. The third kappa shape index (κ3) is 2.98. The summed E-state index contributed by atoms with van der Waals surface area (Å²) in [4.78, 5) is 11.9. The van der Waals surface area contributed by atoms with Crippen LogP contribution in [0.15, 0.2) is 40.9 Å². The molecular formula is C14H10BrF2NO. The van der Waals surface area contributed by atoms with Crippen molar-refractivity contribution in [3.05, 3.63) is 63.6 Å². The van der Waals surface area contributed by atoms with Crippen molar-refractivity contribution in [3.63, 3.8) is 0 Å². The fourth-order valence-corrected chi connectivity index (χ4v) is 1.95. The summed E-state index contributed by atoms with van der Waals surface area (Å²) in [6, 6.07) is 8.86. The van der Waals surface area contributed by atoms with E-state index in [1.807, 2.05) is 13.0 Å². The van der Waals surface area contributed by atoms with Gasteiger partial charge in [-0.25, -0.2) is 8.78 Å². The number of benzene rings is 2. The molecule has 0 radical (unpaired) electrons. The van der Waals surface area contributed by atoms with E-state index in [9.17, 15) is 13.6 Å². The Balaban J connectivity index is 2.31. The van der Waals surface area contributed by atoms with Gasteiger partial charge >= 0.3 is 0 Å². The summed E-state index contributed by atoms with van der Waals surface area (Å²) in [6.07, 6.45) is 0.